The van der Waals surface area contributed by atoms with Gasteiger partial charge >= 0.3 is 0 Å². The standard InChI is InChI=1S/C23H16ClN3/c24-23-26-21(17-7-2-1-3-8-17)25-22(27-23)18-13-12-16-11-10-15-6-4-5-9-19(15)20(16)14-18/h1-14,21H,(H,25,26,27). The van der Waals surface area contributed by atoms with E-state index in [0.29, 0.717) is 11.1 Å². The molecule has 1 atom stereocenters. The van der Waals surface area contributed by atoms with Crippen LogP contribution in [0.25, 0.3) is 21.5 Å². The molecule has 1 aliphatic rings. The monoisotopic (exact) mass is 369 g/mol. The first-order valence-corrected chi connectivity index (χ1v) is 9.21. The van der Waals surface area contributed by atoms with Crippen LogP contribution in [0.15, 0.2) is 94.9 Å². The summed E-state index contributed by atoms with van der Waals surface area (Å²) >= 11 is 6.28. The fourth-order valence-corrected chi connectivity index (χ4v) is 3.68. The minimum absolute atomic E-state index is 0.241. The van der Waals surface area contributed by atoms with Gasteiger partial charge in [0.2, 0.25) is 0 Å². The summed E-state index contributed by atoms with van der Waals surface area (Å²) in [5.41, 5.74) is 2.01. The van der Waals surface area contributed by atoms with Gasteiger partial charge in [0, 0.05) is 5.56 Å². The minimum atomic E-state index is -0.241. The van der Waals surface area contributed by atoms with Gasteiger partial charge in [-0.05, 0) is 44.8 Å². The lowest BCUT2D eigenvalue weighted by molar-refractivity contribution is 0.680. The van der Waals surface area contributed by atoms with E-state index >= 15 is 0 Å². The normalized spacial score (nSPS) is 16.7. The van der Waals surface area contributed by atoms with Crippen LogP contribution in [0.2, 0.25) is 0 Å². The highest BCUT2D eigenvalue weighted by molar-refractivity contribution is 6.65. The van der Waals surface area contributed by atoms with E-state index in [0.717, 1.165) is 11.1 Å². The molecule has 5 rings (SSSR count). The molecule has 1 unspecified atom stereocenters. The van der Waals surface area contributed by atoms with E-state index in [1.807, 2.05) is 30.3 Å². The highest BCUT2D eigenvalue weighted by atomic mass is 35.5. The molecule has 4 aromatic carbocycles. The molecule has 1 aliphatic heterocycles. The first-order chi connectivity index (χ1) is 13.3. The van der Waals surface area contributed by atoms with Gasteiger partial charge in [-0.2, -0.15) is 0 Å². The predicted octanol–water partition coefficient (Wildman–Crippen LogP) is 5.64. The van der Waals surface area contributed by atoms with E-state index < -0.39 is 0 Å². The summed E-state index contributed by atoms with van der Waals surface area (Å²) in [5.74, 6) is 0.641. The fraction of sp³-hybridized carbons (Fsp3) is 0.0435. The number of rotatable bonds is 2. The van der Waals surface area contributed by atoms with Gasteiger partial charge in [-0.15, -0.1) is 0 Å². The second-order valence-electron chi connectivity index (χ2n) is 6.54. The molecule has 1 N–H and O–H groups in total. The highest BCUT2D eigenvalue weighted by Crippen LogP contribution is 2.28. The van der Waals surface area contributed by atoms with Crippen LogP contribution in [-0.2, 0) is 0 Å². The molecule has 4 heteroatoms. The van der Waals surface area contributed by atoms with Crippen molar-refractivity contribution in [2.45, 2.75) is 6.17 Å². The maximum Gasteiger partial charge on any atom is 0.199 e. The second-order valence-corrected chi connectivity index (χ2v) is 6.89. The van der Waals surface area contributed by atoms with Crippen molar-refractivity contribution in [1.29, 1.82) is 0 Å². The van der Waals surface area contributed by atoms with Crippen molar-refractivity contribution in [3.63, 3.8) is 0 Å². The van der Waals surface area contributed by atoms with Crippen molar-refractivity contribution in [2.75, 3.05) is 0 Å². The van der Waals surface area contributed by atoms with E-state index in [-0.39, 0.29) is 6.17 Å². The number of nitrogens with one attached hydrogen (secondary N) is 1. The van der Waals surface area contributed by atoms with Crippen molar-refractivity contribution in [3.8, 4) is 0 Å². The third kappa shape index (κ3) is 2.96. The number of fused-ring (bicyclic) bond motifs is 3. The van der Waals surface area contributed by atoms with Gasteiger partial charge < -0.3 is 5.32 Å². The molecule has 27 heavy (non-hydrogen) atoms. The zero-order valence-electron chi connectivity index (χ0n) is 14.4. The summed E-state index contributed by atoms with van der Waals surface area (Å²) in [7, 11) is 0. The first kappa shape index (κ1) is 16.0. The van der Waals surface area contributed by atoms with Gasteiger partial charge in [0.1, 0.15) is 6.17 Å². The van der Waals surface area contributed by atoms with Crippen LogP contribution in [0.4, 0.5) is 0 Å². The van der Waals surface area contributed by atoms with Crippen molar-refractivity contribution < 1.29 is 0 Å². The topological polar surface area (TPSA) is 36.8 Å². The predicted molar refractivity (Wildman–Crippen MR) is 114 cm³/mol. The maximum absolute atomic E-state index is 6.28. The molecule has 0 aromatic heterocycles. The van der Waals surface area contributed by atoms with Crippen molar-refractivity contribution in [3.05, 3.63) is 96.1 Å². The summed E-state index contributed by atoms with van der Waals surface area (Å²) in [4.78, 5) is 9.23. The molecule has 0 aliphatic carbocycles. The highest BCUT2D eigenvalue weighted by Gasteiger charge is 2.18. The molecule has 0 spiro atoms. The molecular weight excluding hydrogens is 354 g/mol. The minimum Gasteiger partial charge on any atom is -0.335 e. The maximum atomic E-state index is 6.28. The Kier molecular flexibility index (Phi) is 3.88. The average molecular weight is 370 g/mol. The number of hydrogen-bond donors (Lipinski definition) is 1. The molecule has 0 saturated heterocycles. The summed E-state index contributed by atoms with van der Waals surface area (Å²) in [5, 5.41) is 8.31. The number of hydrogen-bond acceptors (Lipinski definition) is 3. The second kappa shape index (κ2) is 6.53. The van der Waals surface area contributed by atoms with Crippen LogP contribution in [0.3, 0.4) is 0 Å². The molecule has 3 nitrogen and oxygen atoms in total. The van der Waals surface area contributed by atoms with Crippen LogP contribution >= 0.6 is 11.6 Å². The van der Waals surface area contributed by atoms with Gasteiger partial charge in [0.15, 0.2) is 11.1 Å². The van der Waals surface area contributed by atoms with Gasteiger partial charge in [-0.3, -0.25) is 0 Å². The van der Waals surface area contributed by atoms with E-state index in [9.17, 15) is 0 Å². The lowest BCUT2D eigenvalue weighted by Gasteiger charge is -2.20. The number of benzene rings is 4. The molecule has 130 valence electrons. The Labute approximate surface area is 162 Å². The van der Waals surface area contributed by atoms with E-state index in [1.54, 1.807) is 0 Å². The Hall–Kier alpha value is -3.17. The number of amidine groups is 2. The Bertz CT molecular complexity index is 1210. The Morgan fingerprint density at radius 1 is 0.741 bits per heavy atom. The third-order valence-electron chi connectivity index (χ3n) is 4.83. The van der Waals surface area contributed by atoms with Gasteiger partial charge in [0.05, 0.1) is 0 Å². The van der Waals surface area contributed by atoms with E-state index in [1.165, 1.54) is 21.5 Å². The fourth-order valence-electron chi connectivity index (χ4n) is 3.49. The molecule has 0 radical (unpaired) electrons. The zero-order chi connectivity index (χ0) is 18.2. The van der Waals surface area contributed by atoms with Crippen LogP contribution in [-0.4, -0.2) is 11.1 Å². The smallest absolute Gasteiger partial charge is 0.199 e. The molecule has 0 saturated carbocycles. The summed E-state index contributed by atoms with van der Waals surface area (Å²) < 4.78 is 0. The molecule has 1 heterocycles. The van der Waals surface area contributed by atoms with Gasteiger partial charge in [-0.25, -0.2) is 9.98 Å². The average Bonchev–Trinajstić information content (AvgIpc) is 2.73. The Balaban J connectivity index is 1.65. The molecule has 0 amide bonds. The van der Waals surface area contributed by atoms with Crippen molar-refractivity contribution in [2.24, 2.45) is 9.98 Å². The zero-order valence-corrected chi connectivity index (χ0v) is 15.2. The number of aliphatic imine (C=N–C) groups is 2. The SMILES string of the molecule is ClC1=NC(c2ccc3ccc4ccccc4c3c2)=NC(c2ccccc2)N1. The molecule has 4 aromatic rings. The van der Waals surface area contributed by atoms with E-state index in [2.05, 4.69) is 64.9 Å². The van der Waals surface area contributed by atoms with Crippen LogP contribution < -0.4 is 5.32 Å². The van der Waals surface area contributed by atoms with Crippen LogP contribution in [0.5, 0.6) is 0 Å². The lowest BCUT2D eigenvalue weighted by Crippen LogP contribution is -2.29. The third-order valence-corrected chi connectivity index (χ3v) is 5.03. The quantitative estimate of drug-likeness (QED) is 0.360. The number of nitrogens with zero attached hydrogens (tertiary/aromatic N) is 2. The summed E-state index contributed by atoms with van der Waals surface area (Å²) in [6, 6.07) is 29.1. The molecular formula is C23H16ClN3. The Morgan fingerprint density at radius 2 is 1.44 bits per heavy atom. The van der Waals surface area contributed by atoms with Crippen LogP contribution in [0.1, 0.15) is 17.3 Å². The number of halogens is 1. The van der Waals surface area contributed by atoms with Crippen molar-refractivity contribution in [1.82, 2.24) is 5.32 Å². The molecule has 0 bridgehead atoms. The largest absolute Gasteiger partial charge is 0.335 e. The first-order valence-electron chi connectivity index (χ1n) is 8.83. The lowest BCUT2D eigenvalue weighted by atomic mass is 9.99. The van der Waals surface area contributed by atoms with Crippen LogP contribution in [0, 0.1) is 0 Å². The van der Waals surface area contributed by atoms with Gasteiger partial charge in [-0.1, -0.05) is 78.9 Å². The van der Waals surface area contributed by atoms with Crippen molar-refractivity contribution >= 4 is 44.3 Å². The molecule has 0 fully saturated rings. The Morgan fingerprint density at radius 3 is 2.30 bits per heavy atom. The van der Waals surface area contributed by atoms with E-state index in [4.69, 9.17) is 16.6 Å². The summed E-state index contributed by atoms with van der Waals surface area (Å²) in [6.07, 6.45) is -0.241. The summed E-state index contributed by atoms with van der Waals surface area (Å²) in [6.45, 7) is 0. The van der Waals surface area contributed by atoms with Gasteiger partial charge in [0.25, 0.3) is 0 Å².